The summed E-state index contributed by atoms with van der Waals surface area (Å²) >= 11 is 0. The van der Waals surface area contributed by atoms with Gasteiger partial charge in [0, 0.05) is 38.1 Å². The fraction of sp³-hybridized carbons (Fsp3) is 0.867. The van der Waals surface area contributed by atoms with Gasteiger partial charge in [-0.15, -0.1) is 0 Å². The first-order chi connectivity index (χ1) is 9.83. The van der Waals surface area contributed by atoms with Crippen LogP contribution in [-0.4, -0.2) is 54.2 Å². The van der Waals surface area contributed by atoms with Crippen LogP contribution in [0.4, 0.5) is 4.79 Å². The van der Waals surface area contributed by atoms with Crippen molar-refractivity contribution < 1.29 is 14.3 Å². The zero-order chi connectivity index (χ0) is 15.5. The Morgan fingerprint density at radius 3 is 2.52 bits per heavy atom. The Morgan fingerprint density at radius 2 is 1.95 bits per heavy atom. The molecule has 6 heteroatoms. The number of ether oxygens (including phenoxy) is 1. The smallest absolute Gasteiger partial charge is 0.407 e. The summed E-state index contributed by atoms with van der Waals surface area (Å²) in [7, 11) is 0. The van der Waals surface area contributed by atoms with Crippen molar-refractivity contribution in [3.63, 3.8) is 0 Å². The lowest BCUT2D eigenvalue weighted by molar-refractivity contribution is -0.124. The molecule has 1 unspecified atom stereocenters. The van der Waals surface area contributed by atoms with Gasteiger partial charge in [-0.2, -0.15) is 0 Å². The normalized spacial score (nSPS) is 25.3. The lowest BCUT2D eigenvalue weighted by Crippen LogP contribution is -2.52. The van der Waals surface area contributed by atoms with Crippen LogP contribution in [0.1, 0.15) is 46.5 Å². The van der Waals surface area contributed by atoms with Crippen LogP contribution in [0.25, 0.3) is 0 Å². The molecule has 2 aliphatic heterocycles. The maximum Gasteiger partial charge on any atom is 0.407 e. The maximum atomic E-state index is 11.8. The number of hydrogen-bond donors (Lipinski definition) is 2. The number of rotatable bonds is 2. The highest BCUT2D eigenvalue weighted by molar-refractivity contribution is 5.77. The van der Waals surface area contributed by atoms with Crippen molar-refractivity contribution in [1.82, 2.24) is 15.5 Å². The molecular formula is C15H27N3O3. The zero-order valence-corrected chi connectivity index (χ0v) is 13.3. The summed E-state index contributed by atoms with van der Waals surface area (Å²) in [6, 6.07) is 0.537. The first-order valence-electron chi connectivity index (χ1n) is 7.84. The highest BCUT2D eigenvalue weighted by Gasteiger charge is 2.29. The summed E-state index contributed by atoms with van der Waals surface area (Å²) in [5.74, 6) is 0.153. The number of nitrogens with one attached hydrogen (secondary N) is 2. The SMILES string of the molecule is CC(C)(C)OC(=O)NC1CCN(C2CCNC(=O)C2)CC1. The zero-order valence-electron chi connectivity index (χ0n) is 13.3. The number of piperidine rings is 2. The summed E-state index contributed by atoms with van der Waals surface area (Å²) < 4.78 is 5.28. The molecule has 0 saturated carbocycles. The Labute approximate surface area is 126 Å². The van der Waals surface area contributed by atoms with Crippen LogP contribution >= 0.6 is 0 Å². The Kier molecular flexibility index (Phi) is 5.08. The van der Waals surface area contributed by atoms with Crippen LogP contribution in [0.5, 0.6) is 0 Å². The fourth-order valence-corrected chi connectivity index (χ4v) is 2.96. The fourth-order valence-electron chi connectivity index (χ4n) is 2.96. The van der Waals surface area contributed by atoms with E-state index in [0.717, 1.165) is 38.9 Å². The van der Waals surface area contributed by atoms with Gasteiger partial charge in [-0.3, -0.25) is 9.69 Å². The Hall–Kier alpha value is -1.30. The molecule has 0 radical (unpaired) electrons. The quantitative estimate of drug-likeness (QED) is 0.805. The maximum absolute atomic E-state index is 11.8. The molecule has 1 atom stereocenters. The van der Waals surface area contributed by atoms with Gasteiger partial charge in [0.15, 0.2) is 0 Å². The molecule has 6 nitrogen and oxygen atoms in total. The predicted octanol–water partition coefficient (Wildman–Crippen LogP) is 1.25. The number of alkyl carbamates (subject to hydrolysis) is 1. The molecule has 0 bridgehead atoms. The molecule has 2 N–H and O–H groups in total. The van der Waals surface area contributed by atoms with Gasteiger partial charge in [0.1, 0.15) is 5.60 Å². The predicted molar refractivity (Wildman–Crippen MR) is 80.0 cm³/mol. The largest absolute Gasteiger partial charge is 0.444 e. The van der Waals surface area contributed by atoms with Gasteiger partial charge in [-0.05, 0) is 40.0 Å². The molecule has 2 heterocycles. The number of carbonyl (C=O) groups excluding carboxylic acids is 2. The second kappa shape index (κ2) is 6.64. The number of amides is 2. The molecule has 2 fully saturated rings. The number of nitrogens with zero attached hydrogens (tertiary/aromatic N) is 1. The second-order valence-corrected chi connectivity index (χ2v) is 6.95. The summed E-state index contributed by atoms with van der Waals surface area (Å²) in [6.07, 6.45) is 3.12. The van der Waals surface area contributed by atoms with Crippen LogP contribution in [0.2, 0.25) is 0 Å². The van der Waals surface area contributed by atoms with E-state index in [9.17, 15) is 9.59 Å². The van der Waals surface area contributed by atoms with Crippen LogP contribution in [0.15, 0.2) is 0 Å². The van der Waals surface area contributed by atoms with E-state index in [1.807, 2.05) is 20.8 Å². The van der Waals surface area contributed by atoms with E-state index in [2.05, 4.69) is 15.5 Å². The van der Waals surface area contributed by atoms with Crippen LogP contribution in [0.3, 0.4) is 0 Å². The molecule has 0 aromatic rings. The minimum absolute atomic E-state index is 0.153. The van der Waals surface area contributed by atoms with Crippen molar-refractivity contribution in [2.75, 3.05) is 19.6 Å². The topological polar surface area (TPSA) is 70.7 Å². The molecule has 2 aliphatic rings. The van der Waals surface area contributed by atoms with Crippen molar-refractivity contribution in [1.29, 1.82) is 0 Å². The summed E-state index contributed by atoms with van der Waals surface area (Å²) in [5.41, 5.74) is -0.458. The molecule has 0 aromatic heterocycles. The molecule has 0 aromatic carbocycles. The van der Waals surface area contributed by atoms with Crippen LogP contribution in [-0.2, 0) is 9.53 Å². The van der Waals surface area contributed by atoms with E-state index in [-0.39, 0.29) is 18.0 Å². The number of likely N-dealkylation sites (tertiary alicyclic amines) is 1. The second-order valence-electron chi connectivity index (χ2n) is 6.95. The summed E-state index contributed by atoms with van der Waals surface area (Å²) in [4.78, 5) is 25.6. The van der Waals surface area contributed by atoms with E-state index in [0.29, 0.717) is 12.5 Å². The third-order valence-corrected chi connectivity index (χ3v) is 3.99. The van der Waals surface area contributed by atoms with Gasteiger partial charge in [0.2, 0.25) is 5.91 Å². The van der Waals surface area contributed by atoms with E-state index < -0.39 is 5.60 Å². The van der Waals surface area contributed by atoms with Crippen molar-refractivity contribution in [3.05, 3.63) is 0 Å². The molecule has 2 amide bonds. The average Bonchev–Trinajstić information content (AvgIpc) is 2.37. The van der Waals surface area contributed by atoms with E-state index in [1.165, 1.54) is 0 Å². The van der Waals surface area contributed by atoms with E-state index in [4.69, 9.17) is 4.74 Å². The summed E-state index contributed by atoms with van der Waals surface area (Å²) in [6.45, 7) is 8.23. The van der Waals surface area contributed by atoms with Crippen molar-refractivity contribution in [2.24, 2.45) is 0 Å². The van der Waals surface area contributed by atoms with Crippen LogP contribution < -0.4 is 10.6 Å². The Balaban J connectivity index is 1.73. The lowest BCUT2D eigenvalue weighted by atomic mass is 9.98. The van der Waals surface area contributed by atoms with Crippen molar-refractivity contribution >= 4 is 12.0 Å². The minimum atomic E-state index is -0.458. The van der Waals surface area contributed by atoms with Crippen molar-refractivity contribution in [2.45, 2.75) is 64.1 Å². The van der Waals surface area contributed by atoms with Gasteiger partial charge in [0.25, 0.3) is 0 Å². The van der Waals surface area contributed by atoms with Gasteiger partial charge in [-0.1, -0.05) is 0 Å². The highest BCUT2D eigenvalue weighted by Crippen LogP contribution is 2.19. The first-order valence-corrected chi connectivity index (χ1v) is 7.84. The molecule has 2 saturated heterocycles. The van der Waals surface area contributed by atoms with Crippen molar-refractivity contribution in [3.8, 4) is 0 Å². The van der Waals surface area contributed by atoms with E-state index >= 15 is 0 Å². The monoisotopic (exact) mass is 297 g/mol. The molecule has 120 valence electrons. The van der Waals surface area contributed by atoms with Crippen LogP contribution in [0, 0.1) is 0 Å². The van der Waals surface area contributed by atoms with Gasteiger partial charge < -0.3 is 15.4 Å². The third kappa shape index (κ3) is 5.19. The van der Waals surface area contributed by atoms with Gasteiger partial charge in [-0.25, -0.2) is 4.79 Å². The number of hydrogen-bond acceptors (Lipinski definition) is 4. The molecular weight excluding hydrogens is 270 g/mol. The third-order valence-electron chi connectivity index (χ3n) is 3.99. The van der Waals surface area contributed by atoms with Gasteiger partial charge >= 0.3 is 6.09 Å². The first kappa shape index (κ1) is 16.1. The summed E-state index contributed by atoms with van der Waals surface area (Å²) in [5, 5.41) is 5.81. The van der Waals surface area contributed by atoms with E-state index in [1.54, 1.807) is 0 Å². The minimum Gasteiger partial charge on any atom is -0.444 e. The standard InChI is InChI=1S/C15H27N3O3/c1-15(2,3)21-14(20)17-11-5-8-18(9-6-11)12-4-7-16-13(19)10-12/h11-12H,4-10H2,1-3H3,(H,16,19)(H,17,20). The Morgan fingerprint density at radius 1 is 1.29 bits per heavy atom. The molecule has 0 aliphatic carbocycles. The molecule has 21 heavy (non-hydrogen) atoms. The molecule has 0 spiro atoms. The van der Waals surface area contributed by atoms with Gasteiger partial charge in [0.05, 0.1) is 0 Å². The molecule has 2 rings (SSSR count). The Bertz CT molecular complexity index is 384. The average molecular weight is 297 g/mol. The highest BCUT2D eigenvalue weighted by atomic mass is 16.6. The lowest BCUT2D eigenvalue weighted by Gasteiger charge is -2.39. The number of carbonyl (C=O) groups is 2.